The highest BCUT2D eigenvalue weighted by Gasteiger charge is 2.29. The first-order valence-corrected chi connectivity index (χ1v) is 15.7. The Morgan fingerprint density at radius 1 is 1.12 bits per heavy atom. The number of aliphatic hydroxyl groups is 1. The van der Waals surface area contributed by atoms with Crippen LogP contribution in [0.2, 0.25) is 4.34 Å². The van der Waals surface area contributed by atoms with Gasteiger partial charge in [-0.05, 0) is 63.8 Å². The van der Waals surface area contributed by atoms with Crippen molar-refractivity contribution < 1.29 is 19.2 Å². The standard InChI is InChI=1S/C30H35ClN6O4S/c1-18(2)35-12-8-19(9-13-35)32-29(39)28-33-27-22(30(40)36-14-10-21(38)11-15-36)4-3-5-23(27)37(28)17-20-16-24(41-34-20)25-6-7-26(31)42-25/h3-7,16,18-19,21,38H,8-15,17H2,1-2H3,(H,32,39). The van der Waals surface area contributed by atoms with Gasteiger partial charge >= 0.3 is 0 Å². The molecular formula is C30H35ClN6O4S. The monoisotopic (exact) mass is 610 g/mol. The number of rotatable bonds is 7. The summed E-state index contributed by atoms with van der Waals surface area (Å²) in [5.74, 6) is 0.401. The van der Waals surface area contributed by atoms with Gasteiger partial charge in [0, 0.05) is 44.3 Å². The molecule has 2 amide bonds. The molecule has 0 spiro atoms. The first-order valence-electron chi connectivity index (χ1n) is 14.5. The van der Waals surface area contributed by atoms with Crippen LogP contribution in [-0.4, -0.2) is 85.8 Å². The number of imidazole rings is 1. The van der Waals surface area contributed by atoms with E-state index in [0.29, 0.717) is 64.4 Å². The number of carbonyl (C=O) groups is 2. The quantitative estimate of drug-likeness (QED) is 0.313. The van der Waals surface area contributed by atoms with E-state index in [9.17, 15) is 14.7 Å². The largest absolute Gasteiger partial charge is 0.393 e. The summed E-state index contributed by atoms with van der Waals surface area (Å²) in [6.07, 6.45) is 2.44. The number of hydrogen-bond acceptors (Lipinski definition) is 8. The number of halogens is 1. The van der Waals surface area contributed by atoms with Crippen molar-refractivity contribution in [1.29, 1.82) is 0 Å². The average Bonchev–Trinajstić information content (AvgIpc) is 3.72. The lowest BCUT2D eigenvalue weighted by Crippen LogP contribution is -2.47. The number of aromatic nitrogens is 3. The van der Waals surface area contributed by atoms with E-state index in [4.69, 9.17) is 21.1 Å². The van der Waals surface area contributed by atoms with Crippen molar-refractivity contribution in [3.05, 3.63) is 57.8 Å². The third-order valence-electron chi connectivity index (χ3n) is 8.25. The Morgan fingerprint density at radius 3 is 2.57 bits per heavy atom. The van der Waals surface area contributed by atoms with Crippen molar-refractivity contribution in [3.8, 4) is 10.6 Å². The molecule has 2 N–H and O–H groups in total. The number of hydrogen-bond donors (Lipinski definition) is 2. The van der Waals surface area contributed by atoms with Crippen LogP contribution in [0.15, 0.2) is 40.9 Å². The molecule has 2 saturated heterocycles. The van der Waals surface area contributed by atoms with Crippen molar-refractivity contribution in [2.24, 2.45) is 0 Å². The molecule has 42 heavy (non-hydrogen) atoms. The molecule has 222 valence electrons. The highest BCUT2D eigenvalue weighted by molar-refractivity contribution is 7.19. The molecule has 0 atom stereocenters. The Morgan fingerprint density at radius 2 is 1.88 bits per heavy atom. The fraction of sp³-hybridized carbons (Fsp3) is 0.467. The Labute approximate surface area is 253 Å². The molecule has 5 heterocycles. The van der Waals surface area contributed by atoms with Crippen LogP contribution in [-0.2, 0) is 6.54 Å². The maximum absolute atomic E-state index is 13.8. The number of benzene rings is 1. The third kappa shape index (κ3) is 5.96. The highest BCUT2D eigenvalue weighted by atomic mass is 35.5. The van der Waals surface area contributed by atoms with E-state index in [1.165, 1.54) is 11.3 Å². The minimum atomic E-state index is -0.385. The number of nitrogens with zero attached hydrogens (tertiary/aromatic N) is 5. The van der Waals surface area contributed by atoms with E-state index in [2.05, 4.69) is 29.2 Å². The van der Waals surface area contributed by atoms with E-state index in [0.717, 1.165) is 30.8 Å². The van der Waals surface area contributed by atoms with Gasteiger partial charge in [-0.2, -0.15) is 0 Å². The van der Waals surface area contributed by atoms with Crippen LogP contribution in [0.4, 0.5) is 0 Å². The number of thiophene rings is 1. The normalized spacial score (nSPS) is 17.4. The summed E-state index contributed by atoms with van der Waals surface area (Å²) < 4.78 is 8.08. The van der Waals surface area contributed by atoms with E-state index in [1.807, 2.05) is 34.9 Å². The van der Waals surface area contributed by atoms with E-state index in [1.54, 1.807) is 11.0 Å². The smallest absolute Gasteiger partial charge is 0.287 e. The van der Waals surface area contributed by atoms with Crippen molar-refractivity contribution in [2.45, 2.75) is 64.3 Å². The van der Waals surface area contributed by atoms with Crippen molar-refractivity contribution in [1.82, 2.24) is 29.8 Å². The SMILES string of the molecule is CC(C)N1CCC(NC(=O)c2nc3c(C(=O)N4CCC(O)CC4)cccc3n2Cc2cc(-c3ccc(Cl)s3)on2)CC1. The first-order chi connectivity index (χ1) is 20.3. The highest BCUT2D eigenvalue weighted by Crippen LogP contribution is 2.32. The van der Waals surface area contributed by atoms with Gasteiger partial charge in [0.05, 0.1) is 32.9 Å². The second-order valence-electron chi connectivity index (χ2n) is 11.4. The van der Waals surface area contributed by atoms with Gasteiger partial charge in [-0.3, -0.25) is 9.59 Å². The van der Waals surface area contributed by atoms with Gasteiger partial charge in [0.1, 0.15) is 11.2 Å². The molecular weight excluding hydrogens is 576 g/mol. The maximum atomic E-state index is 13.8. The molecule has 0 radical (unpaired) electrons. The zero-order chi connectivity index (χ0) is 29.4. The third-order valence-corrected chi connectivity index (χ3v) is 9.50. The Hall–Kier alpha value is -3.25. The second-order valence-corrected chi connectivity index (χ2v) is 13.1. The molecule has 12 heteroatoms. The van der Waals surface area contributed by atoms with E-state index in [-0.39, 0.29) is 36.3 Å². The Bertz CT molecular complexity index is 1580. The van der Waals surface area contributed by atoms with Crippen molar-refractivity contribution in [3.63, 3.8) is 0 Å². The Kier molecular flexibility index (Phi) is 8.35. The molecule has 3 aromatic heterocycles. The second kappa shape index (κ2) is 12.2. The fourth-order valence-corrected chi connectivity index (χ4v) is 6.80. The summed E-state index contributed by atoms with van der Waals surface area (Å²) in [6.45, 7) is 7.43. The number of likely N-dealkylation sites (tertiary alicyclic amines) is 2. The van der Waals surface area contributed by atoms with Gasteiger partial charge in [0.2, 0.25) is 0 Å². The summed E-state index contributed by atoms with van der Waals surface area (Å²) in [4.78, 5) is 37.2. The van der Waals surface area contributed by atoms with E-state index >= 15 is 0 Å². The van der Waals surface area contributed by atoms with Gasteiger partial charge in [0.25, 0.3) is 11.8 Å². The topological polar surface area (TPSA) is 117 Å². The van der Waals surface area contributed by atoms with Crippen molar-refractivity contribution in [2.75, 3.05) is 26.2 Å². The minimum Gasteiger partial charge on any atom is -0.393 e. The van der Waals surface area contributed by atoms with Gasteiger partial charge in [-0.25, -0.2) is 4.98 Å². The van der Waals surface area contributed by atoms with Crippen LogP contribution < -0.4 is 5.32 Å². The molecule has 2 aliphatic heterocycles. The number of carbonyl (C=O) groups excluding carboxylic acids is 2. The summed E-state index contributed by atoms with van der Waals surface area (Å²) in [5.41, 5.74) is 2.20. The number of piperidine rings is 2. The molecule has 0 unspecified atom stereocenters. The first kappa shape index (κ1) is 28.9. The van der Waals surface area contributed by atoms with Crippen LogP contribution in [0.5, 0.6) is 0 Å². The summed E-state index contributed by atoms with van der Waals surface area (Å²) in [6, 6.07) is 11.5. The number of fused-ring (bicyclic) bond motifs is 1. The van der Waals surface area contributed by atoms with Gasteiger partial charge in [-0.1, -0.05) is 22.8 Å². The predicted octanol–water partition coefficient (Wildman–Crippen LogP) is 4.65. The van der Waals surface area contributed by atoms with Crippen LogP contribution in [0.25, 0.3) is 21.7 Å². The summed E-state index contributed by atoms with van der Waals surface area (Å²) in [5, 5.41) is 17.4. The van der Waals surface area contributed by atoms with Crippen LogP contribution >= 0.6 is 22.9 Å². The summed E-state index contributed by atoms with van der Waals surface area (Å²) >= 11 is 7.51. The zero-order valence-electron chi connectivity index (χ0n) is 23.8. The van der Waals surface area contributed by atoms with Crippen LogP contribution in [0, 0.1) is 0 Å². The van der Waals surface area contributed by atoms with Gasteiger partial charge in [-0.15, -0.1) is 11.3 Å². The molecule has 2 aliphatic rings. The van der Waals surface area contributed by atoms with Gasteiger partial charge < -0.3 is 29.3 Å². The van der Waals surface area contributed by atoms with Gasteiger partial charge in [0.15, 0.2) is 11.6 Å². The van der Waals surface area contributed by atoms with E-state index < -0.39 is 0 Å². The molecule has 10 nitrogen and oxygen atoms in total. The Balaban J connectivity index is 1.32. The van der Waals surface area contributed by atoms with Crippen LogP contribution in [0.1, 0.15) is 66.2 Å². The molecule has 0 bridgehead atoms. The number of nitrogens with one attached hydrogen (secondary N) is 1. The van der Waals surface area contributed by atoms with Crippen molar-refractivity contribution >= 4 is 45.8 Å². The molecule has 2 fully saturated rings. The van der Waals surface area contributed by atoms with Crippen LogP contribution in [0.3, 0.4) is 0 Å². The molecule has 4 aromatic rings. The fourth-order valence-electron chi connectivity index (χ4n) is 5.81. The maximum Gasteiger partial charge on any atom is 0.287 e. The predicted molar refractivity (Wildman–Crippen MR) is 162 cm³/mol. The molecule has 1 aromatic carbocycles. The summed E-state index contributed by atoms with van der Waals surface area (Å²) in [7, 11) is 0. The lowest BCUT2D eigenvalue weighted by Gasteiger charge is -2.34. The molecule has 0 saturated carbocycles. The number of para-hydroxylation sites is 1. The minimum absolute atomic E-state index is 0.0453. The lowest BCUT2D eigenvalue weighted by atomic mass is 10.0. The lowest BCUT2D eigenvalue weighted by molar-refractivity contribution is 0.0547. The average molecular weight is 611 g/mol. The zero-order valence-corrected chi connectivity index (χ0v) is 25.3. The molecule has 0 aliphatic carbocycles. The molecule has 6 rings (SSSR count). The number of aliphatic hydroxyl groups excluding tert-OH is 1. The number of amides is 2.